The van der Waals surface area contributed by atoms with Crippen molar-refractivity contribution in [1.29, 1.82) is 5.41 Å². The fourth-order valence-electron chi connectivity index (χ4n) is 1.32. The third-order valence-corrected chi connectivity index (χ3v) is 2.81. The highest BCUT2D eigenvalue weighted by Gasteiger charge is 2.07. The lowest BCUT2D eigenvalue weighted by Crippen LogP contribution is -2.23. The Hall–Kier alpha value is -2.02. The molecular formula is C12H16N4O2S. The Labute approximate surface area is 115 Å². The van der Waals surface area contributed by atoms with Crippen LogP contribution in [-0.4, -0.2) is 29.3 Å². The smallest absolute Gasteiger partial charge is 0.193 e. The minimum atomic E-state index is -0.139. The number of hydrogen-bond acceptors (Lipinski definition) is 4. The van der Waals surface area contributed by atoms with Crippen molar-refractivity contribution in [3.05, 3.63) is 29.8 Å². The van der Waals surface area contributed by atoms with E-state index in [1.165, 1.54) is 6.92 Å². The van der Waals surface area contributed by atoms with Gasteiger partial charge in [0.25, 0.3) is 0 Å². The van der Waals surface area contributed by atoms with E-state index in [1.807, 2.05) is 0 Å². The number of rotatable bonds is 5. The van der Waals surface area contributed by atoms with Gasteiger partial charge in [-0.3, -0.25) is 10.2 Å². The van der Waals surface area contributed by atoms with Gasteiger partial charge in [-0.05, 0) is 19.1 Å². The number of Topliss-reactive ketones (excluding diaryl/α,β-unsaturated/α-hetero) is 1. The fourth-order valence-corrected chi connectivity index (χ4v) is 1.85. The topological polar surface area (TPSA) is 115 Å². The van der Waals surface area contributed by atoms with Crippen LogP contribution < -0.4 is 16.2 Å². The van der Waals surface area contributed by atoms with E-state index in [0.29, 0.717) is 23.7 Å². The summed E-state index contributed by atoms with van der Waals surface area (Å²) in [4.78, 5) is 14.9. The maximum absolute atomic E-state index is 11.4. The van der Waals surface area contributed by atoms with Crippen LogP contribution in [0.3, 0.4) is 0 Å². The number of guanidine groups is 1. The van der Waals surface area contributed by atoms with Gasteiger partial charge in [0.05, 0.1) is 12.2 Å². The zero-order valence-electron chi connectivity index (χ0n) is 10.6. The van der Waals surface area contributed by atoms with Gasteiger partial charge in [0.1, 0.15) is 5.75 Å². The van der Waals surface area contributed by atoms with E-state index in [4.69, 9.17) is 21.6 Å². The van der Waals surface area contributed by atoms with Gasteiger partial charge in [-0.1, -0.05) is 23.9 Å². The number of thioether (sulfide) groups is 1. The average molecular weight is 280 g/mol. The molecule has 0 radical (unpaired) electrons. The van der Waals surface area contributed by atoms with Gasteiger partial charge in [0, 0.05) is 5.75 Å². The minimum absolute atomic E-state index is 0.0310. The molecule has 6 nitrogen and oxygen atoms in total. The van der Waals surface area contributed by atoms with Crippen LogP contribution in [0.25, 0.3) is 0 Å². The molecule has 0 saturated carbocycles. The lowest BCUT2D eigenvalue weighted by atomic mass is 10.1. The zero-order valence-corrected chi connectivity index (χ0v) is 11.4. The first-order valence-corrected chi connectivity index (χ1v) is 6.53. The highest BCUT2D eigenvalue weighted by Crippen LogP contribution is 2.18. The summed E-state index contributed by atoms with van der Waals surface area (Å²) >= 11 is 1.16. The molecule has 0 aliphatic rings. The summed E-state index contributed by atoms with van der Waals surface area (Å²) in [7, 11) is 0. The lowest BCUT2D eigenvalue weighted by molar-refractivity contribution is 0.101. The summed E-state index contributed by atoms with van der Waals surface area (Å²) in [6.45, 7) is 1.85. The Morgan fingerprint density at radius 2 is 2.11 bits per heavy atom. The highest BCUT2D eigenvalue weighted by molar-refractivity contribution is 8.13. The quantitative estimate of drug-likeness (QED) is 0.324. The fraction of sp³-hybridized carbons (Fsp3) is 0.250. The summed E-state index contributed by atoms with van der Waals surface area (Å²) in [6, 6.07) is 7.04. The summed E-state index contributed by atoms with van der Waals surface area (Å²) < 4.78 is 5.50. The monoisotopic (exact) mass is 280 g/mol. The molecular weight excluding hydrogens is 264 g/mol. The second kappa shape index (κ2) is 7.42. The molecule has 1 aromatic carbocycles. The first kappa shape index (κ1) is 15.0. The van der Waals surface area contributed by atoms with Gasteiger partial charge in [-0.25, -0.2) is 0 Å². The third-order valence-electron chi connectivity index (χ3n) is 2.08. The van der Waals surface area contributed by atoms with Crippen molar-refractivity contribution < 1.29 is 9.53 Å². The maximum atomic E-state index is 11.4. The molecule has 1 rings (SSSR count). The predicted molar refractivity (Wildman–Crippen MR) is 77.9 cm³/mol. The summed E-state index contributed by atoms with van der Waals surface area (Å²) in [5.74, 6) is 0.878. The first-order chi connectivity index (χ1) is 9.00. The van der Waals surface area contributed by atoms with E-state index in [-0.39, 0.29) is 16.9 Å². The molecule has 102 valence electrons. The van der Waals surface area contributed by atoms with Crippen LogP contribution in [0.2, 0.25) is 0 Å². The van der Waals surface area contributed by atoms with Crippen molar-refractivity contribution >= 4 is 28.7 Å². The molecule has 0 atom stereocenters. The third kappa shape index (κ3) is 5.43. The number of ether oxygens (including phenoxy) is 1. The lowest BCUT2D eigenvalue weighted by Gasteiger charge is -2.08. The normalized spacial score (nSPS) is 9.74. The standard InChI is InChI=1S/C12H16N4O2S/c1-8(17)9-4-2-3-5-10(9)18-6-7-19-12(15)16-11(13)14/h2-5H,6-7H2,1H3,(H5,13,14,15,16). The number of aliphatic imine (C=N–C) groups is 1. The van der Waals surface area contributed by atoms with E-state index in [1.54, 1.807) is 24.3 Å². The van der Waals surface area contributed by atoms with Crippen LogP contribution >= 0.6 is 11.8 Å². The predicted octanol–water partition coefficient (Wildman–Crippen LogP) is 1.21. The average Bonchev–Trinajstić information content (AvgIpc) is 2.34. The van der Waals surface area contributed by atoms with E-state index in [0.717, 1.165) is 11.8 Å². The molecule has 0 heterocycles. The maximum Gasteiger partial charge on any atom is 0.193 e. The van der Waals surface area contributed by atoms with Gasteiger partial charge < -0.3 is 16.2 Å². The van der Waals surface area contributed by atoms with Gasteiger partial charge in [-0.15, -0.1) is 0 Å². The SMILES string of the molecule is CC(=O)c1ccccc1OCCSC(=N)N=C(N)N. The van der Waals surface area contributed by atoms with Crippen LogP contribution in [0.15, 0.2) is 29.3 Å². The molecule has 0 saturated heterocycles. The molecule has 0 amide bonds. The molecule has 0 aliphatic heterocycles. The molecule has 0 aliphatic carbocycles. The number of nitrogens with zero attached hydrogens (tertiary/aromatic N) is 1. The van der Waals surface area contributed by atoms with Crippen molar-refractivity contribution in [3.63, 3.8) is 0 Å². The Bertz CT molecular complexity index is 498. The Kier molecular flexibility index (Phi) is 5.87. The van der Waals surface area contributed by atoms with Crippen LogP contribution in [0.5, 0.6) is 5.75 Å². The largest absolute Gasteiger partial charge is 0.492 e. The van der Waals surface area contributed by atoms with Crippen molar-refractivity contribution in [2.24, 2.45) is 16.5 Å². The van der Waals surface area contributed by atoms with Crippen molar-refractivity contribution in [2.75, 3.05) is 12.4 Å². The van der Waals surface area contributed by atoms with Crippen molar-refractivity contribution in [1.82, 2.24) is 0 Å². The highest BCUT2D eigenvalue weighted by atomic mass is 32.2. The summed E-state index contributed by atoms with van der Waals surface area (Å²) in [6.07, 6.45) is 0. The molecule has 0 aromatic heterocycles. The summed E-state index contributed by atoms with van der Waals surface area (Å²) in [5.41, 5.74) is 10.8. The number of para-hydroxylation sites is 1. The van der Waals surface area contributed by atoms with Gasteiger partial charge >= 0.3 is 0 Å². The number of nitrogens with one attached hydrogen (secondary N) is 1. The minimum Gasteiger partial charge on any atom is -0.492 e. The van der Waals surface area contributed by atoms with E-state index in [9.17, 15) is 4.79 Å². The Morgan fingerprint density at radius 3 is 2.74 bits per heavy atom. The Morgan fingerprint density at radius 1 is 1.42 bits per heavy atom. The number of amidine groups is 1. The molecule has 0 unspecified atom stereocenters. The number of benzene rings is 1. The van der Waals surface area contributed by atoms with Crippen molar-refractivity contribution in [2.45, 2.75) is 6.92 Å². The van der Waals surface area contributed by atoms with Gasteiger partial charge in [-0.2, -0.15) is 4.99 Å². The van der Waals surface area contributed by atoms with Crippen LogP contribution in [-0.2, 0) is 0 Å². The second-order valence-electron chi connectivity index (χ2n) is 3.59. The summed E-state index contributed by atoms with van der Waals surface area (Å²) in [5, 5.41) is 7.45. The van der Waals surface area contributed by atoms with Crippen LogP contribution in [0.4, 0.5) is 0 Å². The van der Waals surface area contributed by atoms with E-state index >= 15 is 0 Å². The number of hydrogen-bond donors (Lipinski definition) is 3. The van der Waals surface area contributed by atoms with Crippen molar-refractivity contribution in [3.8, 4) is 5.75 Å². The van der Waals surface area contributed by atoms with Gasteiger partial charge in [0.2, 0.25) is 0 Å². The number of nitrogens with two attached hydrogens (primary N) is 2. The van der Waals surface area contributed by atoms with Gasteiger partial charge in [0.15, 0.2) is 16.9 Å². The molecule has 5 N–H and O–H groups in total. The molecule has 0 bridgehead atoms. The van der Waals surface area contributed by atoms with Crippen LogP contribution in [0, 0.1) is 5.41 Å². The Balaban J connectivity index is 2.44. The first-order valence-electron chi connectivity index (χ1n) is 5.54. The molecule has 7 heteroatoms. The van der Waals surface area contributed by atoms with E-state index < -0.39 is 0 Å². The number of carbonyl (C=O) groups excluding carboxylic acids is 1. The number of carbonyl (C=O) groups is 1. The van der Waals surface area contributed by atoms with Crippen LogP contribution in [0.1, 0.15) is 17.3 Å². The van der Waals surface area contributed by atoms with E-state index in [2.05, 4.69) is 4.99 Å². The molecule has 1 aromatic rings. The molecule has 0 fully saturated rings. The molecule has 0 spiro atoms. The molecule has 19 heavy (non-hydrogen) atoms. The second-order valence-corrected chi connectivity index (χ2v) is 4.67. The number of ketones is 1. The zero-order chi connectivity index (χ0) is 14.3.